The smallest absolute Gasteiger partial charge is 0.271 e. The van der Waals surface area contributed by atoms with Gasteiger partial charge >= 0.3 is 0 Å². The number of methoxy groups -OCH3 is 1. The van der Waals surface area contributed by atoms with E-state index >= 15 is 0 Å². The summed E-state index contributed by atoms with van der Waals surface area (Å²) in [4.78, 5) is 12.2. The molecule has 33 heavy (non-hydrogen) atoms. The van der Waals surface area contributed by atoms with E-state index in [1.54, 1.807) is 6.07 Å². The highest BCUT2D eigenvalue weighted by molar-refractivity contribution is 5.94. The van der Waals surface area contributed by atoms with Crippen LogP contribution in [0, 0.1) is 29.1 Å². The van der Waals surface area contributed by atoms with Gasteiger partial charge in [-0.05, 0) is 41.5 Å². The molecular weight excluding hydrogens is 451 g/mol. The van der Waals surface area contributed by atoms with E-state index in [4.69, 9.17) is 9.47 Å². The molecule has 172 valence electrons. The molecule has 11 heteroatoms. The van der Waals surface area contributed by atoms with Crippen molar-refractivity contribution in [2.24, 2.45) is 5.10 Å². The van der Waals surface area contributed by atoms with Gasteiger partial charge in [0.2, 0.25) is 29.1 Å². The highest BCUT2D eigenvalue weighted by Gasteiger charge is 2.27. The van der Waals surface area contributed by atoms with Crippen LogP contribution in [0.4, 0.5) is 22.0 Å². The van der Waals surface area contributed by atoms with E-state index in [0.717, 1.165) is 0 Å². The molecule has 0 saturated heterocycles. The SMILES string of the molecule is COc1cc(C=NNC(=O)c2ccc(COc3c(F)c(F)c(F)c(F)c3F)cc2)ccc1O. The molecule has 6 nitrogen and oxygen atoms in total. The number of halogens is 5. The van der Waals surface area contributed by atoms with Gasteiger partial charge in [0.1, 0.15) is 6.61 Å². The molecule has 0 aliphatic heterocycles. The Balaban J connectivity index is 1.62. The van der Waals surface area contributed by atoms with Gasteiger partial charge in [-0.1, -0.05) is 12.1 Å². The van der Waals surface area contributed by atoms with Gasteiger partial charge in [-0.15, -0.1) is 0 Å². The molecule has 3 aromatic rings. The number of rotatable bonds is 7. The molecule has 0 unspecified atom stereocenters. The Kier molecular flexibility index (Phi) is 7.11. The summed E-state index contributed by atoms with van der Waals surface area (Å²) in [5.41, 5.74) is 3.31. The maximum Gasteiger partial charge on any atom is 0.271 e. The first kappa shape index (κ1) is 23.5. The van der Waals surface area contributed by atoms with Gasteiger partial charge in [0.15, 0.2) is 17.2 Å². The van der Waals surface area contributed by atoms with Gasteiger partial charge in [-0.2, -0.15) is 13.9 Å². The summed E-state index contributed by atoms with van der Waals surface area (Å²) >= 11 is 0. The van der Waals surface area contributed by atoms with Gasteiger partial charge in [0.05, 0.1) is 13.3 Å². The third kappa shape index (κ3) is 5.20. The minimum absolute atomic E-state index is 0.0528. The average molecular weight is 466 g/mol. The van der Waals surface area contributed by atoms with E-state index in [-0.39, 0.29) is 17.1 Å². The van der Waals surface area contributed by atoms with Crippen LogP contribution in [0.3, 0.4) is 0 Å². The molecule has 0 heterocycles. The third-order valence-electron chi connectivity index (χ3n) is 4.35. The number of amides is 1. The fraction of sp³-hybridized carbons (Fsp3) is 0.0909. The zero-order valence-electron chi connectivity index (χ0n) is 16.8. The number of hydrazone groups is 1. The Morgan fingerprint density at radius 1 is 0.970 bits per heavy atom. The van der Waals surface area contributed by atoms with E-state index in [2.05, 4.69) is 10.5 Å². The molecule has 0 radical (unpaired) electrons. The summed E-state index contributed by atoms with van der Waals surface area (Å²) < 4.78 is 76.5. The van der Waals surface area contributed by atoms with Crippen molar-refractivity contribution in [3.05, 3.63) is 88.2 Å². The predicted molar refractivity (Wildman–Crippen MR) is 107 cm³/mol. The molecule has 0 aliphatic carbocycles. The molecule has 0 saturated carbocycles. The number of benzene rings is 3. The van der Waals surface area contributed by atoms with Crippen molar-refractivity contribution >= 4 is 12.1 Å². The Morgan fingerprint density at radius 3 is 2.18 bits per heavy atom. The Morgan fingerprint density at radius 2 is 1.58 bits per heavy atom. The second-order valence-electron chi connectivity index (χ2n) is 6.52. The summed E-state index contributed by atoms with van der Waals surface area (Å²) in [6.45, 7) is -0.513. The molecule has 0 bridgehead atoms. The fourth-order valence-corrected chi connectivity index (χ4v) is 2.62. The summed E-state index contributed by atoms with van der Waals surface area (Å²) in [6, 6.07) is 9.90. The maximum atomic E-state index is 13.6. The van der Waals surface area contributed by atoms with Gasteiger partial charge < -0.3 is 14.6 Å². The average Bonchev–Trinajstić information content (AvgIpc) is 2.82. The van der Waals surface area contributed by atoms with Crippen molar-refractivity contribution in [1.29, 1.82) is 0 Å². The van der Waals surface area contributed by atoms with E-state index in [0.29, 0.717) is 11.1 Å². The highest BCUT2D eigenvalue weighted by Crippen LogP contribution is 2.29. The van der Waals surface area contributed by atoms with Crippen LogP contribution in [0.2, 0.25) is 0 Å². The van der Waals surface area contributed by atoms with Crippen molar-refractivity contribution in [2.45, 2.75) is 6.61 Å². The molecule has 0 aliphatic rings. The standard InChI is InChI=1S/C22H15F5N2O4/c1-32-15-8-12(4-7-14(15)30)9-28-29-22(31)13-5-2-11(3-6-13)10-33-21-19(26)17(24)16(23)18(25)20(21)27/h2-9,30H,10H2,1H3,(H,29,31). The van der Waals surface area contributed by atoms with Crippen LogP contribution in [0.25, 0.3) is 0 Å². The predicted octanol–water partition coefficient (Wildman–Crippen LogP) is 4.44. The van der Waals surface area contributed by atoms with Crippen LogP contribution in [-0.4, -0.2) is 24.3 Å². The van der Waals surface area contributed by atoms with E-state index < -0.39 is 47.3 Å². The van der Waals surface area contributed by atoms with E-state index in [1.807, 2.05) is 0 Å². The second-order valence-corrected chi connectivity index (χ2v) is 6.52. The lowest BCUT2D eigenvalue weighted by atomic mass is 10.1. The number of hydrogen-bond acceptors (Lipinski definition) is 5. The van der Waals surface area contributed by atoms with Crippen LogP contribution >= 0.6 is 0 Å². The summed E-state index contributed by atoms with van der Waals surface area (Å²) in [5.74, 6) is -12.4. The van der Waals surface area contributed by atoms with Crippen LogP contribution in [0.1, 0.15) is 21.5 Å². The lowest BCUT2D eigenvalue weighted by Crippen LogP contribution is -2.17. The zero-order chi connectivity index (χ0) is 24.1. The van der Waals surface area contributed by atoms with Crippen molar-refractivity contribution in [1.82, 2.24) is 5.43 Å². The molecule has 3 aromatic carbocycles. The van der Waals surface area contributed by atoms with Gasteiger partial charge in [-0.3, -0.25) is 4.79 Å². The Labute approximate surface area is 183 Å². The number of phenols is 1. The van der Waals surface area contributed by atoms with Gasteiger partial charge in [-0.25, -0.2) is 18.6 Å². The van der Waals surface area contributed by atoms with Crippen molar-refractivity contribution < 1.29 is 41.3 Å². The van der Waals surface area contributed by atoms with Crippen LogP contribution in [0.5, 0.6) is 17.2 Å². The van der Waals surface area contributed by atoms with Crippen molar-refractivity contribution in [3.8, 4) is 17.2 Å². The summed E-state index contributed by atoms with van der Waals surface area (Å²) in [6.07, 6.45) is 1.33. The van der Waals surface area contributed by atoms with Crippen LogP contribution in [0.15, 0.2) is 47.6 Å². The molecule has 2 N–H and O–H groups in total. The number of ether oxygens (including phenoxy) is 2. The van der Waals surface area contributed by atoms with Gasteiger partial charge in [0.25, 0.3) is 5.91 Å². The lowest BCUT2D eigenvalue weighted by Gasteiger charge is -2.10. The lowest BCUT2D eigenvalue weighted by molar-refractivity contribution is 0.0955. The topological polar surface area (TPSA) is 80.2 Å². The molecule has 0 atom stereocenters. The summed E-state index contributed by atoms with van der Waals surface area (Å²) in [5, 5.41) is 13.3. The zero-order valence-corrected chi connectivity index (χ0v) is 16.8. The number of nitrogens with one attached hydrogen (secondary N) is 1. The minimum Gasteiger partial charge on any atom is -0.504 e. The number of phenolic OH excluding ortho intramolecular Hbond substituents is 1. The van der Waals surface area contributed by atoms with Crippen molar-refractivity contribution in [2.75, 3.05) is 7.11 Å². The van der Waals surface area contributed by atoms with Crippen LogP contribution < -0.4 is 14.9 Å². The monoisotopic (exact) mass is 466 g/mol. The number of aromatic hydroxyl groups is 1. The fourth-order valence-electron chi connectivity index (χ4n) is 2.62. The third-order valence-corrected chi connectivity index (χ3v) is 4.35. The second kappa shape index (κ2) is 9.98. The van der Waals surface area contributed by atoms with Crippen molar-refractivity contribution in [3.63, 3.8) is 0 Å². The molecule has 0 spiro atoms. The highest BCUT2D eigenvalue weighted by atomic mass is 19.2. The first-order valence-corrected chi connectivity index (χ1v) is 9.16. The summed E-state index contributed by atoms with van der Waals surface area (Å²) in [7, 11) is 1.38. The molecule has 0 fully saturated rings. The first-order valence-electron chi connectivity index (χ1n) is 9.16. The minimum atomic E-state index is -2.28. The normalized spacial score (nSPS) is 11.0. The molecule has 3 rings (SSSR count). The molecular formula is C22H15F5N2O4. The molecule has 1 amide bonds. The molecule has 0 aromatic heterocycles. The number of carbonyl (C=O) groups excluding carboxylic acids is 1. The first-order chi connectivity index (χ1) is 15.7. The number of hydrogen-bond donors (Lipinski definition) is 2. The Hall–Kier alpha value is -4.15. The van der Waals surface area contributed by atoms with Crippen LogP contribution in [-0.2, 0) is 6.61 Å². The number of carbonyl (C=O) groups is 1. The quantitative estimate of drug-likeness (QED) is 0.177. The van der Waals surface area contributed by atoms with E-state index in [1.165, 1.54) is 49.7 Å². The van der Waals surface area contributed by atoms with E-state index in [9.17, 15) is 31.9 Å². The number of nitrogens with zero attached hydrogens (tertiary/aromatic N) is 1. The Bertz CT molecular complexity index is 1190. The maximum absolute atomic E-state index is 13.6. The van der Waals surface area contributed by atoms with Gasteiger partial charge in [0, 0.05) is 5.56 Å². The largest absolute Gasteiger partial charge is 0.504 e.